The van der Waals surface area contributed by atoms with E-state index in [1.807, 2.05) is 51.1 Å². The standard InChI is InChI=1S/C22H26FNO3/c1-4-10-26-16-7-5-6-14(11-16)17-12-15-8-9-22(2,3)20(27-21(24)25)18(15)13-19(17)23/h5-7,11-13,20H,4,8-10H2,1-3H3,(H2,24,25)/t20-/m0/s1. The summed E-state index contributed by atoms with van der Waals surface area (Å²) in [5.74, 6) is 0.375. The number of halogens is 1. The van der Waals surface area contributed by atoms with Gasteiger partial charge < -0.3 is 15.2 Å². The lowest BCUT2D eigenvalue weighted by molar-refractivity contribution is 0.0145. The number of aryl methyl sites for hydroxylation is 1. The predicted octanol–water partition coefficient (Wildman–Crippen LogP) is 5.39. The molecule has 2 aromatic carbocycles. The molecule has 0 aromatic heterocycles. The van der Waals surface area contributed by atoms with Crippen LogP contribution in [0, 0.1) is 11.2 Å². The van der Waals surface area contributed by atoms with Gasteiger partial charge in [0.2, 0.25) is 0 Å². The molecule has 0 unspecified atom stereocenters. The van der Waals surface area contributed by atoms with Gasteiger partial charge in [-0.2, -0.15) is 0 Å². The molecule has 0 fully saturated rings. The van der Waals surface area contributed by atoms with E-state index in [2.05, 4.69) is 0 Å². The first kappa shape index (κ1) is 19.2. The van der Waals surface area contributed by atoms with Gasteiger partial charge in [-0.05, 0) is 60.2 Å². The summed E-state index contributed by atoms with van der Waals surface area (Å²) in [6, 6.07) is 10.8. The van der Waals surface area contributed by atoms with Gasteiger partial charge in [0.15, 0.2) is 0 Å². The number of carbonyl (C=O) groups excluding carboxylic acids is 1. The summed E-state index contributed by atoms with van der Waals surface area (Å²) >= 11 is 0. The molecule has 27 heavy (non-hydrogen) atoms. The van der Waals surface area contributed by atoms with Crippen LogP contribution in [0.25, 0.3) is 11.1 Å². The van der Waals surface area contributed by atoms with E-state index in [0.717, 1.165) is 36.1 Å². The topological polar surface area (TPSA) is 61.6 Å². The second-order valence-electron chi connectivity index (χ2n) is 7.71. The summed E-state index contributed by atoms with van der Waals surface area (Å²) in [7, 11) is 0. The second kappa shape index (κ2) is 7.59. The van der Waals surface area contributed by atoms with Crippen molar-refractivity contribution in [2.75, 3.05) is 6.61 Å². The molecule has 3 rings (SSSR count). The van der Waals surface area contributed by atoms with E-state index in [4.69, 9.17) is 15.2 Å². The number of carbonyl (C=O) groups is 1. The van der Waals surface area contributed by atoms with Gasteiger partial charge in [0.05, 0.1) is 6.61 Å². The maximum atomic E-state index is 15.0. The Balaban J connectivity index is 2.01. The number of amides is 1. The zero-order valence-corrected chi connectivity index (χ0v) is 16.0. The Morgan fingerprint density at radius 2 is 2.07 bits per heavy atom. The SMILES string of the molecule is CCCOc1cccc(-c2cc3c(cc2F)[C@H](OC(N)=O)C(C)(C)CC3)c1. The Morgan fingerprint density at radius 3 is 2.78 bits per heavy atom. The highest BCUT2D eigenvalue weighted by atomic mass is 19.1. The molecule has 0 saturated heterocycles. The van der Waals surface area contributed by atoms with Crippen LogP contribution in [0.1, 0.15) is 50.8 Å². The van der Waals surface area contributed by atoms with E-state index >= 15 is 0 Å². The molecule has 0 heterocycles. The Bertz CT molecular complexity index is 847. The fraction of sp³-hybridized carbons (Fsp3) is 0.409. The lowest BCUT2D eigenvalue weighted by Crippen LogP contribution is -2.33. The maximum absolute atomic E-state index is 15.0. The molecule has 4 nitrogen and oxygen atoms in total. The normalized spacial score (nSPS) is 17.9. The number of benzene rings is 2. The van der Waals surface area contributed by atoms with E-state index < -0.39 is 12.2 Å². The monoisotopic (exact) mass is 371 g/mol. The number of hydrogen-bond acceptors (Lipinski definition) is 3. The van der Waals surface area contributed by atoms with Crippen LogP contribution < -0.4 is 10.5 Å². The highest BCUT2D eigenvalue weighted by Gasteiger charge is 2.39. The lowest BCUT2D eigenvalue weighted by Gasteiger charge is -2.39. The summed E-state index contributed by atoms with van der Waals surface area (Å²) < 4.78 is 26.0. The number of hydrogen-bond donors (Lipinski definition) is 1. The van der Waals surface area contributed by atoms with Crippen molar-refractivity contribution >= 4 is 6.09 Å². The largest absolute Gasteiger partial charge is 0.494 e. The zero-order chi connectivity index (χ0) is 19.6. The van der Waals surface area contributed by atoms with Gasteiger partial charge in [-0.25, -0.2) is 9.18 Å². The number of nitrogens with two attached hydrogens (primary N) is 1. The van der Waals surface area contributed by atoms with Gasteiger partial charge in [0.1, 0.15) is 17.7 Å². The van der Waals surface area contributed by atoms with Crippen molar-refractivity contribution in [3.8, 4) is 16.9 Å². The minimum atomic E-state index is -0.841. The first-order chi connectivity index (χ1) is 12.8. The van der Waals surface area contributed by atoms with Crippen molar-refractivity contribution in [1.29, 1.82) is 0 Å². The van der Waals surface area contributed by atoms with Crippen LogP contribution in [0.5, 0.6) is 5.75 Å². The van der Waals surface area contributed by atoms with Gasteiger partial charge in [-0.3, -0.25) is 0 Å². The van der Waals surface area contributed by atoms with Crippen LogP contribution in [0.2, 0.25) is 0 Å². The average molecular weight is 371 g/mol. The van der Waals surface area contributed by atoms with Crippen LogP contribution in [-0.4, -0.2) is 12.7 Å². The second-order valence-corrected chi connectivity index (χ2v) is 7.71. The fourth-order valence-electron chi connectivity index (χ4n) is 3.64. The number of ether oxygens (including phenoxy) is 2. The third kappa shape index (κ3) is 4.07. The van der Waals surface area contributed by atoms with Crippen molar-refractivity contribution < 1.29 is 18.7 Å². The molecule has 1 aliphatic rings. The van der Waals surface area contributed by atoms with Gasteiger partial charge in [0, 0.05) is 11.0 Å². The molecular weight excluding hydrogens is 345 g/mol. The minimum Gasteiger partial charge on any atom is -0.494 e. The van der Waals surface area contributed by atoms with Crippen LogP contribution in [0.4, 0.5) is 9.18 Å². The predicted molar refractivity (Wildman–Crippen MR) is 103 cm³/mol. The molecule has 1 amide bonds. The fourth-order valence-corrected chi connectivity index (χ4v) is 3.64. The number of fused-ring (bicyclic) bond motifs is 1. The van der Waals surface area contributed by atoms with Crippen molar-refractivity contribution in [3.63, 3.8) is 0 Å². The molecule has 0 saturated carbocycles. The van der Waals surface area contributed by atoms with Crippen LogP contribution in [0.15, 0.2) is 36.4 Å². The quantitative estimate of drug-likeness (QED) is 0.766. The van der Waals surface area contributed by atoms with Crippen molar-refractivity contribution in [2.45, 2.75) is 46.1 Å². The molecule has 1 atom stereocenters. The number of primary amides is 1. The lowest BCUT2D eigenvalue weighted by atomic mass is 9.71. The average Bonchev–Trinajstić information content (AvgIpc) is 2.62. The summed E-state index contributed by atoms with van der Waals surface area (Å²) in [5.41, 5.74) is 7.92. The molecule has 144 valence electrons. The van der Waals surface area contributed by atoms with Crippen LogP contribution in [-0.2, 0) is 11.2 Å². The zero-order valence-electron chi connectivity index (χ0n) is 16.0. The first-order valence-electron chi connectivity index (χ1n) is 9.33. The summed E-state index contributed by atoms with van der Waals surface area (Å²) in [6.45, 7) is 6.67. The van der Waals surface area contributed by atoms with Gasteiger partial charge >= 0.3 is 6.09 Å². The minimum absolute atomic E-state index is 0.302. The Morgan fingerprint density at radius 1 is 1.30 bits per heavy atom. The maximum Gasteiger partial charge on any atom is 0.405 e. The highest BCUT2D eigenvalue weighted by molar-refractivity contribution is 5.68. The molecule has 2 aromatic rings. The summed E-state index contributed by atoms with van der Waals surface area (Å²) in [5, 5.41) is 0. The Hall–Kier alpha value is -2.56. The molecule has 0 radical (unpaired) electrons. The third-order valence-electron chi connectivity index (χ3n) is 5.11. The molecule has 0 aliphatic heterocycles. The van der Waals surface area contributed by atoms with Crippen molar-refractivity contribution in [2.24, 2.45) is 11.1 Å². The van der Waals surface area contributed by atoms with E-state index in [0.29, 0.717) is 17.7 Å². The Labute approximate surface area is 159 Å². The number of rotatable bonds is 5. The van der Waals surface area contributed by atoms with E-state index in [1.165, 1.54) is 6.07 Å². The van der Waals surface area contributed by atoms with Gasteiger partial charge in [-0.15, -0.1) is 0 Å². The van der Waals surface area contributed by atoms with Crippen molar-refractivity contribution in [3.05, 3.63) is 53.3 Å². The molecule has 0 bridgehead atoms. The van der Waals surface area contributed by atoms with Crippen LogP contribution in [0.3, 0.4) is 0 Å². The van der Waals surface area contributed by atoms with Crippen molar-refractivity contribution in [1.82, 2.24) is 0 Å². The molecular formula is C22H26FNO3. The summed E-state index contributed by atoms with van der Waals surface area (Å²) in [4.78, 5) is 11.4. The smallest absolute Gasteiger partial charge is 0.405 e. The van der Waals surface area contributed by atoms with E-state index in [1.54, 1.807) is 0 Å². The molecule has 0 spiro atoms. The Kier molecular flexibility index (Phi) is 5.40. The van der Waals surface area contributed by atoms with E-state index in [-0.39, 0.29) is 11.2 Å². The third-order valence-corrected chi connectivity index (χ3v) is 5.11. The molecule has 2 N–H and O–H groups in total. The van der Waals surface area contributed by atoms with Gasteiger partial charge in [-0.1, -0.05) is 32.9 Å². The molecule has 1 aliphatic carbocycles. The highest BCUT2D eigenvalue weighted by Crippen LogP contribution is 2.47. The first-order valence-corrected chi connectivity index (χ1v) is 9.33. The summed E-state index contributed by atoms with van der Waals surface area (Å²) in [6.07, 6.45) is 1.13. The molecule has 5 heteroatoms. The van der Waals surface area contributed by atoms with E-state index in [9.17, 15) is 9.18 Å². The van der Waals surface area contributed by atoms with Gasteiger partial charge in [0.25, 0.3) is 0 Å². The van der Waals surface area contributed by atoms with Crippen LogP contribution >= 0.6 is 0 Å².